The highest BCUT2D eigenvalue weighted by Gasteiger charge is 2.38. The van der Waals surface area contributed by atoms with Crippen molar-refractivity contribution in [3.8, 4) is 6.07 Å². The molecular weight excluding hydrogens is 294 g/mol. The summed E-state index contributed by atoms with van der Waals surface area (Å²) in [6.07, 6.45) is 1.20. The van der Waals surface area contributed by atoms with Gasteiger partial charge < -0.3 is 4.74 Å². The maximum absolute atomic E-state index is 9.52. The smallest absolute Gasteiger partial charge is 0.100 e. The summed E-state index contributed by atoms with van der Waals surface area (Å²) in [5.74, 6) is 1.25. The predicted octanol–water partition coefficient (Wildman–Crippen LogP) is 5.03. The lowest BCUT2D eigenvalue weighted by molar-refractivity contribution is 0.110. The summed E-state index contributed by atoms with van der Waals surface area (Å²) in [5.41, 5.74) is 3.13. The minimum Gasteiger partial charge on any atom is -0.376 e. The SMILES string of the molecule is N#Cc1c(COC[C@@H]2C[C@H]2c2ccccc2)ccc2ccccc12. The molecule has 0 spiro atoms. The van der Waals surface area contributed by atoms with Crippen molar-refractivity contribution >= 4 is 10.8 Å². The third-order valence-corrected chi connectivity index (χ3v) is 4.87. The Balaban J connectivity index is 1.41. The number of ether oxygens (including phenoxy) is 1. The van der Waals surface area contributed by atoms with Gasteiger partial charge in [-0.3, -0.25) is 0 Å². The fourth-order valence-electron chi connectivity index (χ4n) is 3.43. The van der Waals surface area contributed by atoms with Gasteiger partial charge >= 0.3 is 0 Å². The maximum Gasteiger partial charge on any atom is 0.100 e. The van der Waals surface area contributed by atoms with Crippen molar-refractivity contribution in [1.29, 1.82) is 5.26 Å². The highest BCUT2D eigenvalue weighted by atomic mass is 16.5. The summed E-state index contributed by atoms with van der Waals surface area (Å²) >= 11 is 0. The molecule has 1 aliphatic rings. The minimum atomic E-state index is 0.506. The largest absolute Gasteiger partial charge is 0.376 e. The number of rotatable bonds is 5. The zero-order valence-corrected chi connectivity index (χ0v) is 13.5. The Morgan fingerprint density at radius 2 is 1.75 bits per heavy atom. The molecule has 4 rings (SSSR count). The van der Waals surface area contributed by atoms with Crippen LogP contribution in [-0.4, -0.2) is 6.61 Å². The minimum absolute atomic E-state index is 0.506. The Labute approximate surface area is 142 Å². The van der Waals surface area contributed by atoms with E-state index >= 15 is 0 Å². The van der Waals surface area contributed by atoms with E-state index < -0.39 is 0 Å². The second-order valence-electron chi connectivity index (χ2n) is 6.46. The van der Waals surface area contributed by atoms with Crippen molar-refractivity contribution in [1.82, 2.24) is 0 Å². The standard InChI is InChI=1S/C22H19NO/c23-13-22-18(11-10-17-8-4-5-9-20(17)22)14-24-15-19-12-21(19)16-6-2-1-3-7-16/h1-11,19,21H,12,14-15H2/t19-,21-/m0/s1. The zero-order valence-electron chi connectivity index (χ0n) is 13.5. The second-order valence-corrected chi connectivity index (χ2v) is 6.46. The van der Waals surface area contributed by atoms with E-state index in [1.165, 1.54) is 12.0 Å². The normalized spacial score (nSPS) is 19.1. The average Bonchev–Trinajstić information content (AvgIpc) is 3.42. The average molecular weight is 313 g/mol. The molecule has 0 radical (unpaired) electrons. The number of benzene rings is 3. The second kappa shape index (κ2) is 6.47. The van der Waals surface area contributed by atoms with Gasteiger partial charge in [0.15, 0.2) is 0 Å². The van der Waals surface area contributed by atoms with Crippen molar-refractivity contribution < 1.29 is 4.74 Å². The van der Waals surface area contributed by atoms with E-state index in [2.05, 4.69) is 42.5 Å². The lowest BCUT2D eigenvalue weighted by Crippen LogP contribution is -2.01. The van der Waals surface area contributed by atoms with Gasteiger partial charge in [-0.25, -0.2) is 0 Å². The van der Waals surface area contributed by atoms with Gasteiger partial charge in [-0.05, 0) is 40.2 Å². The Hall–Kier alpha value is -2.63. The molecule has 0 bridgehead atoms. The molecule has 2 heteroatoms. The Kier molecular flexibility index (Phi) is 4.02. The van der Waals surface area contributed by atoms with Gasteiger partial charge in [-0.15, -0.1) is 0 Å². The molecule has 2 nitrogen and oxygen atoms in total. The molecule has 1 aliphatic carbocycles. The molecule has 3 aromatic rings. The van der Waals surface area contributed by atoms with Gasteiger partial charge in [-0.1, -0.05) is 66.7 Å². The Bertz CT molecular complexity index is 895. The number of nitrogens with zero attached hydrogens (tertiary/aromatic N) is 1. The third kappa shape index (κ3) is 2.91. The lowest BCUT2D eigenvalue weighted by atomic mass is 10.0. The van der Waals surface area contributed by atoms with Crippen LogP contribution in [0.5, 0.6) is 0 Å². The van der Waals surface area contributed by atoms with Crippen LogP contribution in [-0.2, 0) is 11.3 Å². The maximum atomic E-state index is 9.52. The Morgan fingerprint density at radius 3 is 2.58 bits per heavy atom. The molecule has 0 saturated heterocycles. The highest BCUT2D eigenvalue weighted by Crippen LogP contribution is 2.47. The van der Waals surface area contributed by atoms with Crippen LogP contribution in [0.25, 0.3) is 10.8 Å². The van der Waals surface area contributed by atoms with Crippen LogP contribution in [0.15, 0.2) is 66.7 Å². The molecule has 0 heterocycles. The van der Waals surface area contributed by atoms with Gasteiger partial charge in [-0.2, -0.15) is 5.26 Å². The van der Waals surface area contributed by atoms with Crippen molar-refractivity contribution in [2.24, 2.45) is 5.92 Å². The van der Waals surface area contributed by atoms with Crippen LogP contribution in [0.1, 0.15) is 29.0 Å². The number of nitriles is 1. The van der Waals surface area contributed by atoms with E-state index in [9.17, 15) is 5.26 Å². The van der Waals surface area contributed by atoms with Crippen LogP contribution in [0.4, 0.5) is 0 Å². The van der Waals surface area contributed by atoms with Gasteiger partial charge in [0.2, 0.25) is 0 Å². The molecule has 1 fully saturated rings. The van der Waals surface area contributed by atoms with E-state index in [1.54, 1.807) is 0 Å². The van der Waals surface area contributed by atoms with Gasteiger partial charge in [0, 0.05) is 0 Å². The molecule has 0 amide bonds. The molecule has 0 N–H and O–H groups in total. The fraction of sp³-hybridized carbons (Fsp3) is 0.227. The van der Waals surface area contributed by atoms with Crippen molar-refractivity contribution in [3.63, 3.8) is 0 Å². The molecule has 118 valence electrons. The summed E-state index contributed by atoms with van der Waals surface area (Å²) in [4.78, 5) is 0. The van der Waals surface area contributed by atoms with Gasteiger partial charge in [0.25, 0.3) is 0 Å². The summed E-state index contributed by atoms with van der Waals surface area (Å²) < 4.78 is 5.94. The Morgan fingerprint density at radius 1 is 0.958 bits per heavy atom. The van der Waals surface area contributed by atoms with Crippen molar-refractivity contribution in [2.45, 2.75) is 18.9 Å². The van der Waals surface area contributed by atoms with Crippen LogP contribution < -0.4 is 0 Å². The first kappa shape index (κ1) is 14.9. The van der Waals surface area contributed by atoms with E-state index in [0.29, 0.717) is 18.4 Å². The van der Waals surface area contributed by atoms with E-state index in [0.717, 1.165) is 28.5 Å². The zero-order chi connectivity index (χ0) is 16.4. The predicted molar refractivity (Wildman–Crippen MR) is 95.6 cm³/mol. The molecule has 0 aliphatic heterocycles. The van der Waals surface area contributed by atoms with Crippen LogP contribution in [0.3, 0.4) is 0 Å². The molecule has 24 heavy (non-hydrogen) atoms. The summed E-state index contributed by atoms with van der Waals surface area (Å²) in [7, 11) is 0. The molecule has 0 aromatic heterocycles. The first-order valence-electron chi connectivity index (χ1n) is 8.40. The van der Waals surface area contributed by atoms with E-state index in [-0.39, 0.29) is 0 Å². The fourth-order valence-corrected chi connectivity index (χ4v) is 3.43. The van der Waals surface area contributed by atoms with Crippen LogP contribution >= 0.6 is 0 Å². The van der Waals surface area contributed by atoms with E-state index in [1.807, 2.05) is 30.3 Å². The molecular formula is C22H19NO. The number of hydrogen-bond acceptors (Lipinski definition) is 2. The molecule has 2 atom stereocenters. The lowest BCUT2D eigenvalue weighted by Gasteiger charge is -2.09. The molecule has 3 aromatic carbocycles. The third-order valence-electron chi connectivity index (χ3n) is 4.87. The van der Waals surface area contributed by atoms with Gasteiger partial charge in [0.05, 0.1) is 18.8 Å². The van der Waals surface area contributed by atoms with Gasteiger partial charge in [0.1, 0.15) is 6.07 Å². The van der Waals surface area contributed by atoms with Crippen molar-refractivity contribution in [2.75, 3.05) is 6.61 Å². The van der Waals surface area contributed by atoms with Crippen LogP contribution in [0.2, 0.25) is 0 Å². The van der Waals surface area contributed by atoms with Crippen LogP contribution in [0, 0.1) is 17.2 Å². The van der Waals surface area contributed by atoms with Crippen molar-refractivity contribution in [3.05, 3.63) is 83.4 Å². The monoisotopic (exact) mass is 313 g/mol. The topological polar surface area (TPSA) is 33.0 Å². The first-order chi connectivity index (χ1) is 11.9. The molecule has 0 unspecified atom stereocenters. The first-order valence-corrected chi connectivity index (χ1v) is 8.40. The number of hydrogen-bond donors (Lipinski definition) is 0. The summed E-state index contributed by atoms with van der Waals surface area (Å²) in [5, 5.41) is 11.6. The number of fused-ring (bicyclic) bond motifs is 1. The van der Waals surface area contributed by atoms with E-state index in [4.69, 9.17) is 4.74 Å². The quantitative estimate of drug-likeness (QED) is 0.661. The highest BCUT2D eigenvalue weighted by molar-refractivity contribution is 5.88. The molecule has 1 saturated carbocycles. The summed E-state index contributed by atoms with van der Waals surface area (Å²) in [6, 6.07) is 25.1. The summed E-state index contributed by atoms with van der Waals surface area (Å²) in [6.45, 7) is 1.27.